The van der Waals surface area contributed by atoms with Crippen LogP contribution in [0.5, 0.6) is 0 Å². The molecule has 3 nitrogen and oxygen atoms in total. The summed E-state index contributed by atoms with van der Waals surface area (Å²) in [7, 11) is 0. The first-order valence-corrected chi connectivity index (χ1v) is 9.03. The van der Waals surface area contributed by atoms with E-state index in [1.165, 1.54) is 48.5 Å². The molecule has 1 atom stereocenters. The number of hydrogen-bond donors (Lipinski definition) is 1. The van der Waals surface area contributed by atoms with Crippen molar-refractivity contribution in [2.75, 3.05) is 18.0 Å². The Morgan fingerprint density at radius 2 is 2.10 bits per heavy atom. The highest BCUT2D eigenvalue weighted by Crippen LogP contribution is 2.32. The van der Waals surface area contributed by atoms with Gasteiger partial charge in [0, 0.05) is 29.7 Å². The molecular weight excluding hydrogens is 266 g/mol. The third-order valence-corrected chi connectivity index (χ3v) is 5.46. The molecule has 0 radical (unpaired) electrons. The van der Waals surface area contributed by atoms with Crippen molar-refractivity contribution >= 4 is 16.5 Å². The second-order valence-corrected chi connectivity index (χ2v) is 6.84. The molecule has 20 heavy (non-hydrogen) atoms. The highest BCUT2D eigenvalue weighted by molar-refractivity contribution is 7.15. The first kappa shape index (κ1) is 15.8. The molecule has 114 valence electrons. The maximum atomic E-state index is 4.70. The van der Waals surface area contributed by atoms with Gasteiger partial charge < -0.3 is 10.2 Å². The third kappa shape index (κ3) is 3.95. The van der Waals surface area contributed by atoms with Gasteiger partial charge in [0.25, 0.3) is 0 Å². The zero-order chi connectivity index (χ0) is 14.4. The molecule has 1 fully saturated rings. The number of nitrogens with zero attached hydrogens (tertiary/aromatic N) is 2. The van der Waals surface area contributed by atoms with Crippen LogP contribution in [0.1, 0.15) is 70.2 Å². The number of aromatic nitrogens is 1. The second-order valence-electron chi connectivity index (χ2n) is 5.80. The Balaban J connectivity index is 2.01. The molecule has 1 N–H and O–H groups in total. The summed E-state index contributed by atoms with van der Waals surface area (Å²) in [5.74, 6) is 0. The largest absolute Gasteiger partial charge is 0.345 e. The Hall–Kier alpha value is -0.610. The number of rotatable bonds is 7. The van der Waals surface area contributed by atoms with Crippen LogP contribution >= 0.6 is 11.3 Å². The quantitative estimate of drug-likeness (QED) is 0.810. The molecule has 4 heteroatoms. The number of nitrogens with one attached hydrogen (secondary N) is 1. The van der Waals surface area contributed by atoms with Crippen molar-refractivity contribution in [1.82, 2.24) is 10.3 Å². The molecule has 0 spiro atoms. The van der Waals surface area contributed by atoms with Crippen LogP contribution < -0.4 is 10.2 Å². The van der Waals surface area contributed by atoms with Crippen molar-refractivity contribution in [1.29, 1.82) is 0 Å². The van der Waals surface area contributed by atoms with Crippen LogP contribution in [0.2, 0.25) is 0 Å². The van der Waals surface area contributed by atoms with Crippen LogP contribution in [0.3, 0.4) is 0 Å². The average molecular weight is 295 g/mol. The summed E-state index contributed by atoms with van der Waals surface area (Å²) in [5.41, 5.74) is 0. The topological polar surface area (TPSA) is 28.2 Å². The van der Waals surface area contributed by atoms with E-state index in [1.807, 2.05) is 11.3 Å². The zero-order valence-electron chi connectivity index (χ0n) is 13.2. The lowest BCUT2D eigenvalue weighted by Gasteiger charge is -2.33. The van der Waals surface area contributed by atoms with E-state index in [4.69, 9.17) is 4.98 Å². The molecule has 0 amide bonds. The Kier molecular flexibility index (Phi) is 6.30. The van der Waals surface area contributed by atoms with Crippen LogP contribution in [-0.2, 0) is 0 Å². The first-order valence-electron chi connectivity index (χ1n) is 8.22. The van der Waals surface area contributed by atoms with Gasteiger partial charge in [0.15, 0.2) is 5.13 Å². The number of hydrogen-bond acceptors (Lipinski definition) is 4. The molecule has 1 aliphatic carbocycles. The summed E-state index contributed by atoms with van der Waals surface area (Å²) in [6.07, 6.45) is 10.1. The molecule has 1 aromatic heterocycles. The molecule has 2 rings (SSSR count). The Bertz CT molecular complexity index is 385. The molecule has 0 aliphatic heterocycles. The van der Waals surface area contributed by atoms with Crippen LogP contribution in [0.15, 0.2) is 6.20 Å². The van der Waals surface area contributed by atoms with E-state index in [-0.39, 0.29) is 0 Å². The van der Waals surface area contributed by atoms with E-state index < -0.39 is 0 Å². The lowest BCUT2D eigenvalue weighted by atomic mass is 9.94. The maximum absolute atomic E-state index is 4.70. The van der Waals surface area contributed by atoms with Crippen LogP contribution in [0, 0.1) is 0 Å². The van der Waals surface area contributed by atoms with Gasteiger partial charge >= 0.3 is 0 Å². The van der Waals surface area contributed by atoms with Gasteiger partial charge in [-0.25, -0.2) is 4.98 Å². The smallest absolute Gasteiger partial charge is 0.185 e. The average Bonchev–Trinajstić information content (AvgIpc) is 2.96. The minimum Gasteiger partial charge on any atom is -0.345 e. The van der Waals surface area contributed by atoms with Crippen molar-refractivity contribution in [2.24, 2.45) is 0 Å². The van der Waals surface area contributed by atoms with Crippen molar-refractivity contribution in [3.05, 3.63) is 11.1 Å². The predicted molar refractivity (Wildman–Crippen MR) is 88.7 cm³/mol. The standard InChI is InChI=1S/C16H29N3S/c1-4-11-17-13(3)15-12-18-16(20-15)19(5-2)14-9-7-6-8-10-14/h12-14,17H,4-11H2,1-3H3. The van der Waals surface area contributed by atoms with E-state index in [1.54, 1.807) is 0 Å². The fourth-order valence-electron chi connectivity index (χ4n) is 3.01. The lowest BCUT2D eigenvalue weighted by Crippen LogP contribution is -2.36. The van der Waals surface area contributed by atoms with Gasteiger partial charge in [0.2, 0.25) is 0 Å². The molecule has 0 saturated heterocycles. The lowest BCUT2D eigenvalue weighted by molar-refractivity contribution is 0.418. The van der Waals surface area contributed by atoms with Crippen LogP contribution in [0.4, 0.5) is 5.13 Å². The van der Waals surface area contributed by atoms with E-state index in [0.29, 0.717) is 12.1 Å². The van der Waals surface area contributed by atoms with Gasteiger partial charge in [-0.05, 0) is 39.7 Å². The predicted octanol–water partition coefficient (Wildman–Crippen LogP) is 4.36. The van der Waals surface area contributed by atoms with E-state index in [0.717, 1.165) is 13.1 Å². The summed E-state index contributed by atoms with van der Waals surface area (Å²) >= 11 is 1.87. The van der Waals surface area contributed by atoms with Crippen molar-refractivity contribution < 1.29 is 0 Å². The Morgan fingerprint density at radius 3 is 2.75 bits per heavy atom. The fraction of sp³-hybridized carbons (Fsp3) is 0.812. The number of anilines is 1. The van der Waals surface area contributed by atoms with Crippen LogP contribution in [0.25, 0.3) is 0 Å². The fourth-order valence-corrected chi connectivity index (χ4v) is 4.09. The molecule has 0 bridgehead atoms. The molecule has 1 heterocycles. The molecular formula is C16H29N3S. The zero-order valence-corrected chi connectivity index (χ0v) is 14.0. The normalized spacial score (nSPS) is 18.1. The van der Waals surface area contributed by atoms with Gasteiger partial charge in [-0.15, -0.1) is 11.3 Å². The van der Waals surface area contributed by atoms with Crippen molar-refractivity contribution in [2.45, 2.75) is 71.4 Å². The van der Waals surface area contributed by atoms with Gasteiger partial charge in [0.1, 0.15) is 0 Å². The molecule has 1 aliphatic rings. The van der Waals surface area contributed by atoms with E-state index in [9.17, 15) is 0 Å². The van der Waals surface area contributed by atoms with Crippen molar-refractivity contribution in [3.63, 3.8) is 0 Å². The highest BCUT2D eigenvalue weighted by Gasteiger charge is 2.22. The molecule has 1 aromatic rings. The highest BCUT2D eigenvalue weighted by atomic mass is 32.1. The maximum Gasteiger partial charge on any atom is 0.185 e. The molecule has 1 saturated carbocycles. The molecule has 0 aromatic carbocycles. The van der Waals surface area contributed by atoms with Crippen LogP contribution in [-0.4, -0.2) is 24.1 Å². The van der Waals surface area contributed by atoms with E-state index in [2.05, 4.69) is 37.2 Å². The number of thiazole rings is 1. The SMILES string of the molecule is CCCNC(C)c1cnc(N(CC)C2CCCCC2)s1. The Labute approximate surface area is 127 Å². The third-order valence-electron chi connectivity index (χ3n) is 4.24. The molecule has 1 unspecified atom stereocenters. The van der Waals surface area contributed by atoms with Gasteiger partial charge in [-0.3, -0.25) is 0 Å². The van der Waals surface area contributed by atoms with E-state index >= 15 is 0 Å². The summed E-state index contributed by atoms with van der Waals surface area (Å²) in [4.78, 5) is 8.59. The first-order chi connectivity index (χ1) is 9.76. The summed E-state index contributed by atoms with van der Waals surface area (Å²) in [6.45, 7) is 8.86. The second kappa shape index (κ2) is 7.99. The van der Waals surface area contributed by atoms with Crippen molar-refractivity contribution in [3.8, 4) is 0 Å². The Morgan fingerprint density at radius 1 is 1.35 bits per heavy atom. The summed E-state index contributed by atoms with van der Waals surface area (Å²) < 4.78 is 0. The summed E-state index contributed by atoms with van der Waals surface area (Å²) in [6, 6.07) is 1.14. The summed E-state index contributed by atoms with van der Waals surface area (Å²) in [5, 5.41) is 4.77. The monoisotopic (exact) mass is 295 g/mol. The minimum atomic E-state index is 0.422. The van der Waals surface area contributed by atoms with Gasteiger partial charge in [-0.1, -0.05) is 26.2 Å². The van der Waals surface area contributed by atoms with Gasteiger partial charge in [0.05, 0.1) is 0 Å². The minimum absolute atomic E-state index is 0.422. The van der Waals surface area contributed by atoms with Gasteiger partial charge in [-0.2, -0.15) is 0 Å².